The highest BCUT2D eigenvalue weighted by Crippen LogP contribution is 2.33. The van der Waals surface area contributed by atoms with Crippen molar-refractivity contribution in [1.29, 1.82) is 0 Å². The van der Waals surface area contributed by atoms with E-state index >= 15 is 0 Å². The van der Waals surface area contributed by atoms with E-state index in [4.69, 9.17) is 4.74 Å². The molecule has 19 heavy (non-hydrogen) atoms. The Morgan fingerprint density at radius 3 is 2.53 bits per heavy atom. The summed E-state index contributed by atoms with van der Waals surface area (Å²) in [7, 11) is 1.48. The van der Waals surface area contributed by atoms with E-state index in [1.807, 2.05) is 0 Å². The number of carbonyl (C=O) groups excluding carboxylic acids is 1. The first-order valence-corrected chi connectivity index (χ1v) is 6.60. The number of ether oxygens (including phenoxy) is 1. The number of hydrogen-bond acceptors (Lipinski definition) is 3. The first-order chi connectivity index (χ1) is 8.94. The van der Waals surface area contributed by atoms with Gasteiger partial charge in [0.2, 0.25) is 0 Å². The van der Waals surface area contributed by atoms with Gasteiger partial charge in [-0.2, -0.15) is 0 Å². The summed E-state index contributed by atoms with van der Waals surface area (Å²) in [6.45, 7) is 5.92. The van der Waals surface area contributed by atoms with Gasteiger partial charge in [0.05, 0.1) is 12.7 Å². The molecule has 2 rings (SSSR count). The number of methoxy groups -OCH3 is 1. The van der Waals surface area contributed by atoms with Gasteiger partial charge in [0.1, 0.15) is 0 Å². The fraction of sp³-hybridized carbons (Fsp3) is 0.533. The molecular weight excluding hydrogens is 242 g/mol. The summed E-state index contributed by atoms with van der Waals surface area (Å²) >= 11 is 0. The van der Waals surface area contributed by atoms with Crippen LogP contribution in [0.1, 0.15) is 37.0 Å². The van der Waals surface area contributed by atoms with Crippen molar-refractivity contribution >= 4 is 5.91 Å². The van der Waals surface area contributed by atoms with Crippen LogP contribution in [0.3, 0.4) is 0 Å². The highest BCUT2D eigenvalue weighted by atomic mass is 16.5. The van der Waals surface area contributed by atoms with Gasteiger partial charge in [-0.1, -0.05) is 19.9 Å². The molecule has 1 aromatic rings. The number of amides is 1. The minimum absolute atomic E-state index is 0.0696. The van der Waals surface area contributed by atoms with Crippen LogP contribution >= 0.6 is 0 Å². The lowest BCUT2D eigenvalue weighted by molar-refractivity contribution is 0.0627. The van der Waals surface area contributed by atoms with Gasteiger partial charge < -0.3 is 14.7 Å². The molecule has 104 valence electrons. The molecule has 1 fully saturated rings. The van der Waals surface area contributed by atoms with E-state index in [1.165, 1.54) is 7.11 Å². The number of rotatable bonds is 2. The van der Waals surface area contributed by atoms with Gasteiger partial charge in [-0.3, -0.25) is 4.79 Å². The van der Waals surface area contributed by atoms with Gasteiger partial charge in [-0.15, -0.1) is 0 Å². The first kappa shape index (κ1) is 13.7. The van der Waals surface area contributed by atoms with E-state index in [0.29, 0.717) is 16.7 Å². The molecule has 1 aliphatic heterocycles. The predicted octanol–water partition coefficient (Wildman–Crippen LogP) is 2.66. The molecule has 1 heterocycles. The third-order valence-electron chi connectivity index (χ3n) is 3.85. The van der Waals surface area contributed by atoms with Crippen LogP contribution in [-0.4, -0.2) is 36.1 Å². The molecule has 1 aliphatic rings. The zero-order chi connectivity index (χ0) is 14.0. The van der Waals surface area contributed by atoms with Crippen LogP contribution in [0, 0.1) is 5.41 Å². The van der Waals surface area contributed by atoms with Crippen molar-refractivity contribution in [2.24, 2.45) is 5.41 Å². The zero-order valence-electron chi connectivity index (χ0n) is 11.8. The summed E-state index contributed by atoms with van der Waals surface area (Å²) in [6.07, 6.45) is 1.98. The third-order valence-corrected chi connectivity index (χ3v) is 3.85. The second kappa shape index (κ2) is 5.11. The largest absolute Gasteiger partial charge is 0.504 e. The summed E-state index contributed by atoms with van der Waals surface area (Å²) < 4.78 is 5.04. The molecular formula is C15H21NO3. The van der Waals surface area contributed by atoms with E-state index in [9.17, 15) is 9.90 Å². The molecule has 0 aliphatic carbocycles. The highest BCUT2D eigenvalue weighted by molar-refractivity contribution is 5.97. The lowest BCUT2D eigenvalue weighted by Crippen LogP contribution is -2.41. The Hall–Kier alpha value is -1.71. The highest BCUT2D eigenvalue weighted by Gasteiger charge is 2.29. The Kier molecular flexibility index (Phi) is 3.69. The lowest BCUT2D eigenvalue weighted by Gasteiger charge is -2.37. The van der Waals surface area contributed by atoms with Crippen LogP contribution in [0.2, 0.25) is 0 Å². The summed E-state index contributed by atoms with van der Waals surface area (Å²) in [5.74, 6) is 0.148. The van der Waals surface area contributed by atoms with Gasteiger partial charge in [0.25, 0.3) is 5.91 Å². The van der Waals surface area contributed by atoms with Crippen molar-refractivity contribution in [1.82, 2.24) is 4.90 Å². The number of piperidine rings is 1. The average molecular weight is 263 g/mol. The van der Waals surface area contributed by atoms with Gasteiger partial charge >= 0.3 is 0 Å². The fourth-order valence-electron chi connectivity index (χ4n) is 2.35. The smallest absolute Gasteiger partial charge is 0.257 e. The summed E-state index contributed by atoms with van der Waals surface area (Å²) in [6, 6.07) is 5.00. The minimum Gasteiger partial charge on any atom is -0.504 e. The number of nitrogens with zero attached hydrogens (tertiary/aromatic N) is 1. The van der Waals surface area contributed by atoms with Gasteiger partial charge in [-0.05, 0) is 30.4 Å². The standard InChI is InChI=1S/C15H21NO3/c1-15(2)7-9-16(10-8-15)14(18)11-5-4-6-12(19-3)13(11)17/h4-6,17H,7-10H2,1-3H3. The SMILES string of the molecule is COc1cccc(C(=O)N2CCC(C)(C)CC2)c1O. The molecule has 0 unspecified atom stereocenters. The Balaban J connectivity index is 2.17. The van der Waals surface area contributed by atoms with Gasteiger partial charge in [-0.25, -0.2) is 0 Å². The van der Waals surface area contributed by atoms with Crippen molar-refractivity contribution in [3.05, 3.63) is 23.8 Å². The van der Waals surface area contributed by atoms with Crippen LogP contribution in [-0.2, 0) is 0 Å². The maximum absolute atomic E-state index is 12.4. The van der Waals surface area contributed by atoms with Crippen molar-refractivity contribution in [3.8, 4) is 11.5 Å². The number of carbonyl (C=O) groups is 1. The Labute approximate surface area is 114 Å². The lowest BCUT2D eigenvalue weighted by atomic mass is 9.82. The quantitative estimate of drug-likeness (QED) is 0.892. The number of hydrogen-bond donors (Lipinski definition) is 1. The molecule has 1 N–H and O–H groups in total. The third kappa shape index (κ3) is 2.83. The average Bonchev–Trinajstić information content (AvgIpc) is 2.38. The number of phenolic OH excluding ortho intramolecular Hbond substituents is 1. The minimum atomic E-state index is -0.119. The van der Waals surface area contributed by atoms with Crippen LogP contribution in [0.25, 0.3) is 0 Å². The van der Waals surface area contributed by atoms with E-state index < -0.39 is 0 Å². The van der Waals surface area contributed by atoms with E-state index in [-0.39, 0.29) is 11.7 Å². The second-order valence-electron chi connectivity index (χ2n) is 5.81. The summed E-state index contributed by atoms with van der Waals surface area (Å²) in [5, 5.41) is 10.0. The van der Waals surface area contributed by atoms with Crippen LogP contribution in [0.4, 0.5) is 0 Å². The molecule has 0 aromatic heterocycles. The maximum atomic E-state index is 12.4. The van der Waals surface area contributed by atoms with Crippen LogP contribution in [0.5, 0.6) is 11.5 Å². The molecule has 0 saturated carbocycles. The topological polar surface area (TPSA) is 49.8 Å². The second-order valence-corrected chi connectivity index (χ2v) is 5.81. The van der Waals surface area contributed by atoms with E-state index in [0.717, 1.165) is 25.9 Å². The maximum Gasteiger partial charge on any atom is 0.257 e. The molecule has 4 nitrogen and oxygen atoms in total. The van der Waals surface area contributed by atoms with E-state index in [1.54, 1.807) is 23.1 Å². The van der Waals surface area contributed by atoms with Gasteiger partial charge in [0.15, 0.2) is 11.5 Å². The summed E-state index contributed by atoms with van der Waals surface area (Å²) in [5.41, 5.74) is 0.617. The summed E-state index contributed by atoms with van der Waals surface area (Å²) in [4.78, 5) is 14.2. The molecule has 0 bridgehead atoms. The van der Waals surface area contributed by atoms with Crippen molar-refractivity contribution < 1.29 is 14.6 Å². The fourth-order valence-corrected chi connectivity index (χ4v) is 2.35. The molecule has 0 spiro atoms. The number of likely N-dealkylation sites (tertiary alicyclic amines) is 1. The van der Waals surface area contributed by atoms with Crippen molar-refractivity contribution in [2.75, 3.05) is 20.2 Å². The molecule has 0 radical (unpaired) electrons. The monoisotopic (exact) mass is 263 g/mol. The predicted molar refractivity (Wildman–Crippen MR) is 73.6 cm³/mol. The molecule has 1 aromatic carbocycles. The molecule has 0 atom stereocenters. The van der Waals surface area contributed by atoms with Gasteiger partial charge in [0, 0.05) is 13.1 Å². The normalized spacial score (nSPS) is 18.2. The number of phenols is 1. The zero-order valence-corrected chi connectivity index (χ0v) is 11.8. The Bertz CT molecular complexity index is 472. The van der Waals surface area contributed by atoms with Crippen LogP contribution in [0.15, 0.2) is 18.2 Å². The number of benzene rings is 1. The van der Waals surface area contributed by atoms with Crippen molar-refractivity contribution in [3.63, 3.8) is 0 Å². The molecule has 4 heteroatoms. The van der Waals surface area contributed by atoms with Crippen LogP contribution < -0.4 is 4.74 Å². The Morgan fingerprint density at radius 2 is 1.95 bits per heavy atom. The first-order valence-electron chi connectivity index (χ1n) is 6.60. The molecule has 1 saturated heterocycles. The van der Waals surface area contributed by atoms with E-state index in [2.05, 4.69) is 13.8 Å². The number of aromatic hydroxyl groups is 1. The Morgan fingerprint density at radius 1 is 1.32 bits per heavy atom. The molecule has 1 amide bonds. The number of para-hydroxylation sites is 1. The van der Waals surface area contributed by atoms with Crippen molar-refractivity contribution in [2.45, 2.75) is 26.7 Å².